The van der Waals surface area contributed by atoms with Crippen LogP contribution in [0, 0.1) is 0 Å². The Hall–Kier alpha value is -4.36. The summed E-state index contributed by atoms with van der Waals surface area (Å²) in [5, 5.41) is 3.30. The van der Waals surface area contributed by atoms with E-state index < -0.39 is 0 Å². The first-order valence-electron chi connectivity index (χ1n) is 11.1. The first kappa shape index (κ1) is 21.9. The molecule has 5 aromatic carbocycles. The molecule has 0 atom stereocenters. The van der Waals surface area contributed by atoms with Crippen molar-refractivity contribution in [2.45, 2.75) is 0 Å². The van der Waals surface area contributed by atoms with Gasteiger partial charge in [-0.3, -0.25) is 0 Å². The second-order valence-electron chi connectivity index (χ2n) is 7.56. The van der Waals surface area contributed by atoms with E-state index in [2.05, 4.69) is 96.3 Å². The molecular formula is C32H27N. The zero-order valence-corrected chi connectivity index (χ0v) is 18.5. The van der Waals surface area contributed by atoms with Crippen LogP contribution in [0.2, 0.25) is 0 Å². The van der Waals surface area contributed by atoms with Crippen molar-refractivity contribution in [1.82, 2.24) is 0 Å². The maximum absolute atomic E-state index is 3.30. The molecule has 1 heteroatoms. The van der Waals surface area contributed by atoms with Gasteiger partial charge in [0.25, 0.3) is 0 Å². The molecule has 1 N–H and O–H groups in total. The predicted octanol–water partition coefficient (Wildman–Crippen LogP) is 8.71. The minimum absolute atomic E-state index is 1.12. The summed E-state index contributed by atoms with van der Waals surface area (Å²) < 4.78 is 0. The molecule has 5 rings (SSSR count). The molecule has 0 saturated carbocycles. The lowest BCUT2D eigenvalue weighted by Gasteiger charge is -2.08. The maximum atomic E-state index is 3.30. The van der Waals surface area contributed by atoms with Crippen LogP contribution in [-0.4, -0.2) is 0 Å². The van der Waals surface area contributed by atoms with Crippen molar-refractivity contribution in [1.29, 1.82) is 0 Å². The first-order valence-corrected chi connectivity index (χ1v) is 11.1. The molecule has 5 aromatic rings. The molecule has 0 aliphatic carbocycles. The van der Waals surface area contributed by atoms with Crippen molar-refractivity contribution in [3.63, 3.8) is 0 Å². The lowest BCUT2D eigenvalue weighted by atomic mass is 9.96. The average Bonchev–Trinajstić information content (AvgIpc) is 2.90. The Kier molecular flexibility index (Phi) is 7.87. The average molecular weight is 426 g/mol. The molecule has 0 fully saturated rings. The van der Waals surface area contributed by atoms with Crippen molar-refractivity contribution in [2.75, 3.05) is 5.32 Å². The van der Waals surface area contributed by atoms with Gasteiger partial charge in [0, 0.05) is 11.4 Å². The van der Waals surface area contributed by atoms with E-state index in [0.29, 0.717) is 0 Å². The number of para-hydroxylation sites is 2. The molecule has 0 unspecified atom stereocenters. The summed E-state index contributed by atoms with van der Waals surface area (Å²) in [7, 11) is 0. The lowest BCUT2D eigenvalue weighted by molar-refractivity contribution is 1.55. The van der Waals surface area contributed by atoms with Crippen LogP contribution in [0.15, 0.2) is 152 Å². The summed E-state index contributed by atoms with van der Waals surface area (Å²) in [6, 6.07) is 51.8. The van der Waals surface area contributed by atoms with Gasteiger partial charge in [-0.15, -0.1) is 0 Å². The largest absolute Gasteiger partial charge is 0.356 e. The Morgan fingerprint density at radius 3 is 1.12 bits per heavy atom. The van der Waals surface area contributed by atoms with E-state index >= 15 is 0 Å². The van der Waals surface area contributed by atoms with Gasteiger partial charge in [0.2, 0.25) is 0 Å². The standard InChI is InChI=1S/C20H16.C12H11N/c1-4-10-17(11-5-1)16-20(18-12-6-2-7-13-18)19-14-8-3-9-15-19;1-3-7-11(8-4-1)13-12-9-5-2-6-10-12/h1-16H;1-10,13H. The molecule has 0 radical (unpaired) electrons. The van der Waals surface area contributed by atoms with Crippen LogP contribution in [0.5, 0.6) is 0 Å². The second kappa shape index (κ2) is 11.9. The zero-order valence-electron chi connectivity index (χ0n) is 18.5. The number of hydrogen-bond donors (Lipinski definition) is 1. The quantitative estimate of drug-likeness (QED) is 0.278. The second-order valence-corrected chi connectivity index (χ2v) is 7.56. The highest BCUT2D eigenvalue weighted by Gasteiger charge is 2.04. The Balaban J connectivity index is 0.000000172. The van der Waals surface area contributed by atoms with Gasteiger partial charge < -0.3 is 5.32 Å². The summed E-state index contributed by atoms with van der Waals surface area (Å²) in [4.78, 5) is 0. The SMILES string of the molecule is C(=C(c1ccccc1)c1ccccc1)c1ccccc1.c1ccc(Nc2ccccc2)cc1. The number of anilines is 2. The van der Waals surface area contributed by atoms with Crippen molar-refractivity contribution >= 4 is 23.0 Å². The summed E-state index contributed by atoms with van der Waals surface area (Å²) in [6.45, 7) is 0. The van der Waals surface area contributed by atoms with Gasteiger partial charge >= 0.3 is 0 Å². The van der Waals surface area contributed by atoms with E-state index in [1.54, 1.807) is 0 Å². The van der Waals surface area contributed by atoms with E-state index in [9.17, 15) is 0 Å². The molecule has 0 bridgehead atoms. The minimum atomic E-state index is 1.12. The first-order chi connectivity index (χ1) is 16.4. The number of nitrogens with one attached hydrogen (secondary N) is 1. The highest BCUT2D eigenvalue weighted by atomic mass is 14.9. The number of hydrogen-bond acceptors (Lipinski definition) is 1. The molecule has 0 aliphatic rings. The van der Waals surface area contributed by atoms with Crippen LogP contribution < -0.4 is 5.32 Å². The zero-order chi connectivity index (χ0) is 22.6. The van der Waals surface area contributed by atoms with E-state index in [-0.39, 0.29) is 0 Å². The number of rotatable bonds is 5. The monoisotopic (exact) mass is 425 g/mol. The third kappa shape index (κ3) is 6.81. The van der Waals surface area contributed by atoms with Gasteiger partial charge in [0.1, 0.15) is 0 Å². The van der Waals surface area contributed by atoms with Gasteiger partial charge in [0.05, 0.1) is 0 Å². The summed E-state index contributed by atoms with van der Waals surface area (Å²) in [5.41, 5.74) is 7.18. The van der Waals surface area contributed by atoms with Crippen molar-refractivity contribution in [3.8, 4) is 0 Å². The molecule has 160 valence electrons. The van der Waals surface area contributed by atoms with Gasteiger partial charge in [-0.05, 0) is 52.6 Å². The Morgan fingerprint density at radius 2 is 0.727 bits per heavy atom. The summed E-state index contributed by atoms with van der Waals surface area (Å²) in [5.74, 6) is 0. The predicted molar refractivity (Wildman–Crippen MR) is 142 cm³/mol. The molecule has 0 spiro atoms. The Morgan fingerprint density at radius 1 is 0.394 bits per heavy atom. The van der Waals surface area contributed by atoms with Crippen LogP contribution in [-0.2, 0) is 0 Å². The Bertz CT molecular complexity index is 1150. The normalized spacial score (nSPS) is 9.82. The molecule has 1 nitrogen and oxygen atoms in total. The Labute approximate surface area is 196 Å². The van der Waals surface area contributed by atoms with Gasteiger partial charge in [-0.1, -0.05) is 127 Å². The van der Waals surface area contributed by atoms with E-state index in [0.717, 1.165) is 11.4 Å². The molecule has 0 amide bonds. The lowest BCUT2D eigenvalue weighted by Crippen LogP contribution is -1.87. The van der Waals surface area contributed by atoms with Crippen molar-refractivity contribution < 1.29 is 0 Å². The fourth-order valence-corrected chi connectivity index (χ4v) is 3.49. The van der Waals surface area contributed by atoms with E-state index in [1.807, 2.05) is 66.7 Å². The molecule has 0 aliphatic heterocycles. The highest BCUT2D eigenvalue weighted by molar-refractivity contribution is 5.91. The van der Waals surface area contributed by atoms with Gasteiger partial charge in [0.15, 0.2) is 0 Å². The molecule has 33 heavy (non-hydrogen) atoms. The van der Waals surface area contributed by atoms with Crippen LogP contribution in [0.1, 0.15) is 16.7 Å². The van der Waals surface area contributed by atoms with Crippen molar-refractivity contribution in [3.05, 3.63) is 168 Å². The van der Waals surface area contributed by atoms with Crippen LogP contribution >= 0.6 is 0 Å². The van der Waals surface area contributed by atoms with E-state index in [4.69, 9.17) is 0 Å². The van der Waals surface area contributed by atoms with Gasteiger partial charge in [-0.25, -0.2) is 0 Å². The molecule has 0 heterocycles. The third-order valence-corrected chi connectivity index (χ3v) is 5.12. The third-order valence-electron chi connectivity index (χ3n) is 5.12. The molecular weight excluding hydrogens is 398 g/mol. The van der Waals surface area contributed by atoms with Gasteiger partial charge in [-0.2, -0.15) is 0 Å². The molecule has 0 aromatic heterocycles. The van der Waals surface area contributed by atoms with Crippen molar-refractivity contribution in [2.24, 2.45) is 0 Å². The van der Waals surface area contributed by atoms with Crippen LogP contribution in [0.4, 0.5) is 11.4 Å². The van der Waals surface area contributed by atoms with Crippen LogP contribution in [0.25, 0.3) is 11.6 Å². The fraction of sp³-hybridized carbons (Fsp3) is 0. The smallest absolute Gasteiger partial charge is 0.0384 e. The number of benzene rings is 5. The minimum Gasteiger partial charge on any atom is -0.356 e. The van der Waals surface area contributed by atoms with E-state index in [1.165, 1.54) is 22.3 Å². The maximum Gasteiger partial charge on any atom is 0.0384 e. The summed E-state index contributed by atoms with van der Waals surface area (Å²) in [6.07, 6.45) is 2.24. The van der Waals surface area contributed by atoms with Crippen LogP contribution in [0.3, 0.4) is 0 Å². The fourth-order valence-electron chi connectivity index (χ4n) is 3.49. The summed E-state index contributed by atoms with van der Waals surface area (Å²) >= 11 is 0. The topological polar surface area (TPSA) is 12.0 Å². The molecule has 0 saturated heterocycles. The highest BCUT2D eigenvalue weighted by Crippen LogP contribution is 2.25.